The number of rotatable bonds is 6. The van der Waals surface area contributed by atoms with E-state index in [4.69, 9.17) is 27.7 Å². The van der Waals surface area contributed by atoms with Gasteiger partial charge in [0.05, 0.1) is 5.02 Å². The topological polar surface area (TPSA) is 61.6 Å². The van der Waals surface area contributed by atoms with Crippen molar-refractivity contribution < 1.29 is 9.32 Å². The number of aromatic nitrogens is 1. The number of hydrogen-bond acceptors (Lipinski definition) is 5. The highest BCUT2D eigenvalue weighted by Crippen LogP contribution is 2.30. The average molecular weight is 459 g/mol. The van der Waals surface area contributed by atoms with Crippen LogP contribution in [-0.4, -0.2) is 55.2 Å². The fraction of sp³-hybridized carbons (Fsp3) is 0.304. The summed E-state index contributed by atoms with van der Waals surface area (Å²) in [6, 6.07) is 15.2. The molecule has 0 saturated carbocycles. The summed E-state index contributed by atoms with van der Waals surface area (Å²) in [4.78, 5) is 17.5. The zero-order valence-corrected chi connectivity index (χ0v) is 18.8. The molecule has 2 aromatic carbocycles. The van der Waals surface area contributed by atoms with Crippen molar-refractivity contribution >= 4 is 34.8 Å². The Morgan fingerprint density at radius 3 is 2.48 bits per heavy atom. The smallest absolute Gasteiger partial charge is 0.257 e. The van der Waals surface area contributed by atoms with E-state index in [1.807, 2.05) is 30.3 Å². The zero-order chi connectivity index (χ0) is 21.8. The van der Waals surface area contributed by atoms with E-state index in [9.17, 15) is 4.79 Å². The van der Waals surface area contributed by atoms with E-state index in [0.717, 1.165) is 37.7 Å². The Morgan fingerprint density at radius 1 is 1.06 bits per heavy atom. The zero-order valence-electron chi connectivity index (χ0n) is 17.3. The summed E-state index contributed by atoms with van der Waals surface area (Å²) in [5.74, 6) is 0.275. The minimum Gasteiger partial charge on any atom is -0.369 e. The van der Waals surface area contributed by atoms with Crippen molar-refractivity contribution in [1.29, 1.82) is 0 Å². The second-order valence-electron chi connectivity index (χ2n) is 7.50. The van der Waals surface area contributed by atoms with Crippen LogP contribution in [-0.2, 0) is 0 Å². The lowest BCUT2D eigenvalue weighted by molar-refractivity contribution is 0.0947. The standard InChI is InChI=1S/C23H24Cl2N4O2/c1-16-21(22(27-31-16)19-4-2-3-5-20(19)25)23(30)26-10-11-28-12-14-29(15-13-28)18-8-6-17(24)7-9-18/h2-9H,10-15H2,1H3,(H,26,30). The van der Waals surface area contributed by atoms with Crippen LogP contribution in [0.15, 0.2) is 53.1 Å². The van der Waals surface area contributed by atoms with E-state index in [2.05, 4.69) is 32.4 Å². The molecule has 1 N–H and O–H groups in total. The van der Waals surface area contributed by atoms with E-state index in [-0.39, 0.29) is 5.91 Å². The lowest BCUT2D eigenvalue weighted by atomic mass is 10.1. The lowest BCUT2D eigenvalue weighted by Gasteiger charge is -2.36. The summed E-state index contributed by atoms with van der Waals surface area (Å²) < 4.78 is 5.29. The molecule has 2 heterocycles. The number of piperazine rings is 1. The summed E-state index contributed by atoms with van der Waals surface area (Å²) in [7, 11) is 0. The predicted octanol–water partition coefficient (Wildman–Crippen LogP) is 4.51. The number of nitrogens with one attached hydrogen (secondary N) is 1. The molecular formula is C23H24Cl2N4O2. The number of aryl methyl sites for hydroxylation is 1. The molecule has 1 saturated heterocycles. The van der Waals surface area contributed by atoms with Crippen LogP contribution in [0.25, 0.3) is 11.3 Å². The Hall–Kier alpha value is -2.54. The van der Waals surface area contributed by atoms with Gasteiger partial charge in [0.1, 0.15) is 17.0 Å². The van der Waals surface area contributed by atoms with Gasteiger partial charge >= 0.3 is 0 Å². The van der Waals surface area contributed by atoms with Crippen LogP contribution in [0.1, 0.15) is 16.1 Å². The maximum atomic E-state index is 12.8. The molecule has 0 bridgehead atoms. The maximum absolute atomic E-state index is 12.8. The van der Waals surface area contributed by atoms with Crippen LogP contribution in [0.5, 0.6) is 0 Å². The molecule has 0 radical (unpaired) electrons. The van der Waals surface area contributed by atoms with Gasteiger partial charge in [-0.2, -0.15) is 0 Å². The molecule has 8 heteroatoms. The fourth-order valence-corrected chi connectivity index (χ4v) is 4.13. The van der Waals surface area contributed by atoms with Crippen molar-refractivity contribution in [1.82, 2.24) is 15.4 Å². The quantitative estimate of drug-likeness (QED) is 0.588. The van der Waals surface area contributed by atoms with Crippen molar-refractivity contribution in [3.05, 3.63) is 69.9 Å². The Kier molecular flexibility index (Phi) is 6.80. The summed E-state index contributed by atoms with van der Waals surface area (Å²) in [5.41, 5.74) is 2.77. The third-order valence-corrected chi connectivity index (χ3v) is 6.08. The van der Waals surface area contributed by atoms with Gasteiger partial charge in [-0.25, -0.2) is 0 Å². The largest absolute Gasteiger partial charge is 0.369 e. The molecular weight excluding hydrogens is 435 g/mol. The van der Waals surface area contributed by atoms with Crippen LogP contribution in [0.2, 0.25) is 10.0 Å². The minimum atomic E-state index is -0.200. The van der Waals surface area contributed by atoms with Gasteiger partial charge in [0.25, 0.3) is 5.91 Å². The summed E-state index contributed by atoms with van der Waals surface area (Å²) >= 11 is 12.3. The van der Waals surface area contributed by atoms with E-state index in [0.29, 0.717) is 34.1 Å². The van der Waals surface area contributed by atoms with Crippen molar-refractivity contribution in [2.45, 2.75) is 6.92 Å². The van der Waals surface area contributed by atoms with Gasteiger partial charge in [-0.15, -0.1) is 0 Å². The molecule has 0 spiro atoms. The first kappa shape index (κ1) is 21.7. The molecule has 4 rings (SSSR count). The normalized spacial score (nSPS) is 14.6. The van der Waals surface area contributed by atoms with E-state index >= 15 is 0 Å². The van der Waals surface area contributed by atoms with Crippen molar-refractivity contribution in [2.24, 2.45) is 0 Å². The summed E-state index contributed by atoms with van der Waals surface area (Å²) in [6.07, 6.45) is 0. The average Bonchev–Trinajstić information content (AvgIpc) is 3.16. The molecule has 162 valence electrons. The van der Waals surface area contributed by atoms with Gasteiger partial charge in [-0.1, -0.05) is 46.6 Å². The molecule has 0 atom stereocenters. The van der Waals surface area contributed by atoms with Crippen LogP contribution in [0.3, 0.4) is 0 Å². The number of anilines is 1. The van der Waals surface area contributed by atoms with Gasteiger partial charge in [0.15, 0.2) is 0 Å². The van der Waals surface area contributed by atoms with Crippen molar-refractivity contribution in [2.75, 3.05) is 44.2 Å². The number of nitrogens with zero attached hydrogens (tertiary/aromatic N) is 3. The second-order valence-corrected chi connectivity index (χ2v) is 8.35. The minimum absolute atomic E-state index is 0.200. The number of benzene rings is 2. The van der Waals surface area contributed by atoms with Gasteiger partial charge in [-0.05, 0) is 37.3 Å². The first-order valence-electron chi connectivity index (χ1n) is 10.2. The second kappa shape index (κ2) is 9.73. The molecule has 6 nitrogen and oxygen atoms in total. The molecule has 1 fully saturated rings. The van der Waals surface area contributed by atoms with Gasteiger partial charge in [0, 0.05) is 55.5 Å². The number of amides is 1. The predicted molar refractivity (Wildman–Crippen MR) is 124 cm³/mol. The molecule has 31 heavy (non-hydrogen) atoms. The first-order valence-corrected chi connectivity index (χ1v) is 11.0. The van der Waals surface area contributed by atoms with Crippen LogP contribution >= 0.6 is 23.2 Å². The Labute approximate surface area is 191 Å². The van der Waals surface area contributed by atoms with Crippen LogP contribution < -0.4 is 10.2 Å². The molecule has 1 aliphatic heterocycles. The van der Waals surface area contributed by atoms with Gasteiger partial charge in [0.2, 0.25) is 0 Å². The Balaban J connectivity index is 1.30. The van der Waals surface area contributed by atoms with E-state index < -0.39 is 0 Å². The molecule has 1 amide bonds. The van der Waals surface area contributed by atoms with Gasteiger partial charge in [-0.3, -0.25) is 9.69 Å². The number of halogens is 2. The highest BCUT2D eigenvalue weighted by molar-refractivity contribution is 6.33. The third kappa shape index (κ3) is 5.03. The molecule has 1 aliphatic rings. The third-order valence-electron chi connectivity index (χ3n) is 5.50. The van der Waals surface area contributed by atoms with Crippen LogP contribution in [0.4, 0.5) is 5.69 Å². The monoisotopic (exact) mass is 458 g/mol. The van der Waals surface area contributed by atoms with Crippen molar-refractivity contribution in [3.63, 3.8) is 0 Å². The molecule has 1 aromatic heterocycles. The lowest BCUT2D eigenvalue weighted by Crippen LogP contribution is -2.48. The van der Waals surface area contributed by atoms with Gasteiger partial charge < -0.3 is 14.7 Å². The molecule has 0 unspecified atom stereocenters. The Morgan fingerprint density at radius 2 is 1.77 bits per heavy atom. The Bertz CT molecular complexity index is 1040. The van der Waals surface area contributed by atoms with Crippen molar-refractivity contribution in [3.8, 4) is 11.3 Å². The molecule has 3 aromatic rings. The number of carbonyl (C=O) groups excluding carboxylic acids is 1. The maximum Gasteiger partial charge on any atom is 0.257 e. The van der Waals surface area contributed by atoms with Crippen LogP contribution in [0, 0.1) is 6.92 Å². The highest BCUT2D eigenvalue weighted by Gasteiger charge is 2.23. The number of hydrogen-bond donors (Lipinski definition) is 1. The molecule has 0 aliphatic carbocycles. The fourth-order valence-electron chi connectivity index (χ4n) is 3.77. The summed E-state index contributed by atoms with van der Waals surface area (Å²) in [5, 5.41) is 8.34. The summed E-state index contributed by atoms with van der Waals surface area (Å²) in [6.45, 7) is 6.83. The van der Waals surface area contributed by atoms with E-state index in [1.165, 1.54) is 5.69 Å². The highest BCUT2D eigenvalue weighted by atomic mass is 35.5. The van der Waals surface area contributed by atoms with E-state index in [1.54, 1.807) is 13.0 Å². The SMILES string of the molecule is Cc1onc(-c2ccccc2Cl)c1C(=O)NCCN1CCN(c2ccc(Cl)cc2)CC1. The first-order chi connectivity index (χ1) is 15.0. The number of carbonyl (C=O) groups is 1.